The van der Waals surface area contributed by atoms with Crippen molar-refractivity contribution in [1.82, 2.24) is 0 Å². The fourth-order valence-electron chi connectivity index (χ4n) is 1.64. The zero-order valence-corrected chi connectivity index (χ0v) is 13.2. The Morgan fingerprint density at radius 3 is 2.80 bits per heavy atom. The normalized spacial score (nSPS) is 10.6. The molecular weight excluding hydrogens is 371 g/mol. The van der Waals surface area contributed by atoms with Gasteiger partial charge in [-0.25, -0.2) is 4.39 Å². The minimum atomic E-state index is -0.660. The third-order valence-corrected chi connectivity index (χ3v) is 4.45. The van der Waals surface area contributed by atoms with Gasteiger partial charge < -0.3 is 5.32 Å². The van der Waals surface area contributed by atoms with Gasteiger partial charge in [0.05, 0.1) is 19.8 Å². The quantitative estimate of drug-likeness (QED) is 0.596. The zero-order valence-electron chi connectivity index (χ0n) is 10.0. The van der Waals surface area contributed by atoms with Crippen molar-refractivity contribution >= 4 is 50.2 Å². The lowest BCUT2D eigenvalue weighted by Crippen LogP contribution is -2.06. The Morgan fingerprint density at radius 2 is 2.20 bits per heavy atom. The fourth-order valence-corrected chi connectivity index (χ4v) is 3.07. The molecule has 0 saturated carbocycles. The van der Waals surface area contributed by atoms with Gasteiger partial charge in [0.2, 0.25) is 0 Å². The Hall–Kier alpha value is -1.18. The highest BCUT2D eigenvalue weighted by Crippen LogP contribution is 2.30. The number of nitro benzene ring substituents is 1. The van der Waals surface area contributed by atoms with E-state index in [2.05, 4.69) is 21.2 Å². The van der Waals surface area contributed by atoms with Crippen molar-refractivity contribution in [3.63, 3.8) is 0 Å². The van der Waals surface area contributed by atoms with Crippen LogP contribution in [0, 0.1) is 15.9 Å². The third kappa shape index (κ3) is 3.68. The van der Waals surface area contributed by atoms with Gasteiger partial charge in [0.15, 0.2) is 0 Å². The van der Waals surface area contributed by atoms with E-state index in [-0.39, 0.29) is 15.8 Å². The van der Waals surface area contributed by atoms with Crippen molar-refractivity contribution in [2.45, 2.75) is 6.42 Å². The molecule has 0 atom stereocenters. The van der Waals surface area contributed by atoms with Gasteiger partial charge >= 0.3 is 0 Å². The van der Waals surface area contributed by atoms with Crippen molar-refractivity contribution in [2.24, 2.45) is 0 Å². The van der Waals surface area contributed by atoms with E-state index < -0.39 is 10.7 Å². The van der Waals surface area contributed by atoms with Crippen LogP contribution in [-0.2, 0) is 6.42 Å². The van der Waals surface area contributed by atoms with Crippen molar-refractivity contribution in [3.8, 4) is 0 Å². The molecule has 1 aromatic heterocycles. The topological polar surface area (TPSA) is 55.2 Å². The van der Waals surface area contributed by atoms with Gasteiger partial charge in [-0.15, -0.1) is 11.3 Å². The van der Waals surface area contributed by atoms with Gasteiger partial charge in [-0.2, -0.15) is 0 Å². The monoisotopic (exact) mass is 378 g/mol. The Kier molecular flexibility index (Phi) is 4.95. The maximum Gasteiger partial charge on any atom is 0.295 e. The molecule has 0 amide bonds. The summed E-state index contributed by atoms with van der Waals surface area (Å²) >= 11 is 10.3. The summed E-state index contributed by atoms with van der Waals surface area (Å²) in [4.78, 5) is 11.4. The summed E-state index contributed by atoms with van der Waals surface area (Å²) in [6, 6.07) is 5.98. The number of hydrogen-bond acceptors (Lipinski definition) is 4. The summed E-state index contributed by atoms with van der Waals surface area (Å²) in [5.41, 5.74) is 0.000778. The molecule has 2 rings (SSSR count). The molecule has 0 unspecified atom stereocenters. The van der Waals surface area contributed by atoms with Crippen LogP contribution < -0.4 is 5.32 Å². The number of benzene rings is 1. The molecule has 0 aliphatic heterocycles. The molecule has 2 aromatic rings. The first-order chi connectivity index (χ1) is 9.47. The molecule has 0 spiro atoms. The van der Waals surface area contributed by atoms with Crippen molar-refractivity contribution in [2.75, 3.05) is 11.9 Å². The first-order valence-electron chi connectivity index (χ1n) is 5.59. The number of hydrogen-bond donors (Lipinski definition) is 1. The summed E-state index contributed by atoms with van der Waals surface area (Å²) in [5, 5.41) is 13.8. The second-order valence-corrected chi connectivity index (χ2v) is 6.58. The molecule has 0 bridgehead atoms. The van der Waals surface area contributed by atoms with Crippen LogP contribution in [0.3, 0.4) is 0 Å². The first-order valence-corrected chi connectivity index (χ1v) is 7.57. The van der Waals surface area contributed by atoms with Crippen LogP contribution in [-0.4, -0.2) is 11.5 Å². The predicted octanol–water partition coefficient (Wildman–Crippen LogP) is 4.87. The van der Waals surface area contributed by atoms with Gasteiger partial charge in [0.1, 0.15) is 11.5 Å². The summed E-state index contributed by atoms with van der Waals surface area (Å²) < 4.78 is 14.2. The van der Waals surface area contributed by atoms with E-state index in [1.54, 1.807) is 6.07 Å². The molecule has 0 radical (unpaired) electrons. The molecule has 0 aliphatic carbocycles. The average Bonchev–Trinajstić information content (AvgIpc) is 2.79. The van der Waals surface area contributed by atoms with Crippen LogP contribution in [0.2, 0.25) is 4.34 Å². The number of anilines is 1. The number of nitrogens with zero attached hydrogens (tertiary/aromatic N) is 1. The number of nitrogens with one attached hydrogen (secondary N) is 1. The van der Waals surface area contributed by atoms with Crippen molar-refractivity contribution in [1.29, 1.82) is 0 Å². The van der Waals surface area contributed by atoms with Crippen LogP contribution in [0.25, 0.3) is 0 Å². The smallest absolute Gasteiger partial charge is 0.295 e. The van der Waals surface area contributed by atoms with Gasteiger partial charge in [-0.05, 0) is 40.5 Å². The van der Waals surface area contributed by atoms with Crippen LogP contribution in [0.15, 0.2) is 28.7 Å². The number of thiophene rings is 1. The molecule has 0 saturated heterocycles. The minimum Gasteiger partial charge on any atom is -0.379 e. The zero-order chi connectivity index (χ0) is 14.7. The van der Waals surface area contributed by atoms with E-state index in [1.165, 1.54) is 17.4 Å². The molecule has 0 fully saturated rings. The standard InChI is InChI=1S/C12H9BrClFN2O2S/c13-8-5-10(11(17(18)19)6-9(8)15)16-4-3-7-1-2-12(14)20-7/h1-2,5-6,16H,3-4H2. The summed E-state index contributed by atoms with van der Waals surface area (Å²) in [6.45, 7) is 0.496. The minimum absolute atomic E-state index is 0.185. The van der Waals surface area contributed by atoms with Crippen LogP contribution in [0.5, 0.6) is 0 Å². The molecule has 0 aliphatic rings. The highest BCUT2D eigenvalue weighted by Gasteiger charge is 2.17. The maximum atomic E-state index is 13.3. The second kappa shape index (κ2) is 6.51. The van der Waals surface area contributed by atoms with E-state index in [0.717, 1.165) is 10.9 Å². The summed E-state index contributed by atoms with van der Waals surface area (Å²) in [5.74, 6) is -0.660. The van der Waals surface area contributed by atoms with Crippen molar-refractivity contribution < 1.29 is 9.31 Å². The summed E-state index contributed by atoms with van der Waals surface area (Å²) in [7, 11) is 0. The van der Waals surface area contributed by atoms with Gasteiger partial charge in [-0.1, -0.05) is 11.6 Å². The maximum absolute atomic E-state index is 13.3. The second-order valence-electron chi connectivity index (χ2n) is 3.92. The third-order valence-electron chi connectivity index (χ3n) is 2.55. The van der Waals surface area contributed by atoms with E-state index >= 15 is 0 Å². The molecule has 1 heterocycles. The largest absolute Gasteiger partial charge is 0.379 e. The Morgan fingerprint density at radius 1 is 1.45 bits per heavy atom. The average molecular weight is 380 g/mol. The lowest BCUT2D eigenvalue weighted by Gasteiger charge is -2.07. The Balaban J connectivity index is 2.08. The van der Waals surface area contributed by atoms with E-state index in [4.69, 9.17) is 11.6 Å². The molecular formula is C12H9BrClFN2O2S. The van der Waals surface area contributed by atoms with E-state index in [9.17, 15) is 14.5 Å². The van der Waals surface area contributed by atoms with Crippen LogP contribution >= 0.6 is 38.9 Å². The summed E-state index contributed by atoms with van der Waals surface area (Å²) in [6.07, 6.45) is 0.684. The Bertz CT molecular complexity index is 650. The first kappa shape index (κ1) is 15.2. The Labute approximate surface area is 131 Å². The van der Waals surface area contributed by atoms with E-state index in [1.807, 2.05) is 6.07 Å². The van der Waals surface area contributed by atoms with Gasteiger partial charge in [0.25, 0.3) is 5.69 Å². The van der Waals surface area contributed by atoms with Gasteiger partial charge in [-0.3, -0.25) is 10.1 Å². The SMILES string of the molecule is O=[N+]([O-])c1cc(F)c(Br)cc1NCCc1ccc(Cl)s1. The highest BCUT2D eigenvalue weighted by molar-refractivity contribution is 9.10. The van der Waals surface area contributed by atoms with Gasteiger partial charge in [0, 0.05) is 11.4 Å². The molecule has 1 N–H and O–H groups in total. The fraction of sp³-hybridized carbons (Fsp3) is 0.167. The number of nitro groups is 1. The highest BCUT2D eigenvalue weighted by atomic mass is 79.9. The predicted molar refractivity (Wildman–Crippen MR) is 82.3 cm³/mol. The number of rotatable bonds is 5. The number of halogens is 3. The molecule has 4 nitrogen and oxygen atoms in total. The van der Waals surface area contributed by atoms with Crippen LogP contribution in [0.4, 0.5) is 15.8 Å². The van der Waals surface area contributed by atoms with Crippen LogP contribution in [0.1, 0.15) is 4.88 Å². The lowest BCUT2D eigenvalue weighted by atomic mass is 10.2. The molecule has 1 aromatic carbocycles. The molecule has 8 heteroatoms. The van der Waals surface area contributed by atoms with Crippen molar-refractivity contribution in [3.05, 3.63) is 53.9 Å². The molecule has 106 valence electrons. The van der Waals surface area contributed by atoms with E-state index in [0.29, 0.717) is 17.3 Å². The molecule has 20 heavy (non-hydrogen) atoms. The lowest BCUT2D eigenvalue weighted by molar-refractivity contribution is -0.384.